The van der Waals surface area contributed by atoms with Crippen LogP contribution in [0.5, 0.6) is 5.75 Å². The Balaban J connectivity index is 0.00000256. The molecule has 2 N–H and O–H groups in total. The average molecular weight is 221 g/mol. The monoisotopic (exact) mass is 221 g/mol. The van der Waals surface area contributed by atoms with Crippen molar-refractivity contribution in [3.63, 3.8) is 0 Å². The molecule has 0 saturated heterocycles. The molecular formula is C9H5BLiN3O3. The summed E-state index contributed by atoms with van der Waals surface area (Å²) < 4.78 is 4.51. The Morgan fingerprint density at radius 1 is 1.00 bits per heavy atom. The molecule has 0 unspecified atom stereocenters. The number of rotatable bonds is 2. The van der Waals surface area contributed by atoms with Crippen molar-refractivity contribution >= 4 is 26.2 Å². The second-order valence-electron chi connectivity index (χ2n) is 2.64. The van der Waals surface area contributed by atoms with E-state index in [1.54, 1.807) is 18.2 Å². The molecule has 0 bridgehead atoms. The van der Waals surface area contributed by atoms with E-state index in [0.717, 1.165) is 0 Å². The predicted octanol–water partition coefficient (Wildman–Crippen LogP) is -0.999. The molecule has 0 saturated carbocycles. The predicted molar refractivity (Wildman–Crippen MR) is 58.6 cm³/mol. The standard InChI is InChI=1S/C9H4BN3O3.Li.H/c11-3-6-1-2-9(16-10(14)15)8(5-13)7(6)4-12;;/h1-2,14-15H;;. The molecule has 8 heteroatoms. The van der Waals surface area contributed by atoms with E-state index >= 15 is 0 Å². The van der Waals surface area contributed by atoms with Gasteiger partial charge in [0.05, 0.1) is 11.1 Å². The molecule has 78 valence electrons. The van der Waals surface area contributed by atoms with E-state index in [4.69, 9.17) is 25.8 Å². The first-order valence-corrected chi connectivity index (χ1v) is 4.04. The Bertz CT molecular complexity index is 542. The maximum atomic E-state index is 8.81. The van der Waals surface area contributed by atoms with Crippen LogP contribution in [0, 0.1) is 34.0 Å². The van der Waals surface area contributed by atoms with Crippen LogP contribution in [0.15, 0.2) is 12.1 Å². The molecule has 0 atom stereocenters. The topological polar surface area (TPSA) is 121 Å². The van der Waals surface area contributed by atoms with Crippen molar-refractivity contribution in [1.29, 1.82) is 15.8 Å². The molecule has 1 rings (SSSR count). The minimum atomic E-state index is -2.09. The summed E-state index contributed by atoms with van der Waals surface area (Å²) in [5.41, 5.74) is -0.323. The van der Waals surface area contributed by atoms with Gasteiger partial charge in [0.25, 0.3) is 0 Å². The van der Waals surface area contributed by atoms with E-state index in [-0.39, 0.29) is 41.3 Å². The molecule has 1 aromatic rings. The molecule has 0 amide bonds. The van der Waals surface area contributed by atoms with E-state index in [2.05, 4.69) is 4.65 Å². The number of hydrogen-bond acceptors (Lipinski definition) is 6. The van der Waals surface area contributed by atoms with Crippen LogP contribution in [-0.2, 0) is 0 Å². The van der Waals surface area contributed by atoms with Gasteiger partial charge in [-0.05, 0) is 12.1 Å². The van der Waals surface area contributed by atoms with E-state index in [1.807, 2.05) is 0 Å². The fraction of sp³-hybridized carbons (Fsp3) is 0. The molecule has 0 aromatic heterocycles. The summed E-state index contributed by atoms with van der Waals surface area (Å²) in [7, 11) is -2.09. The van der Waals surface area contributed by atoms with Crippen LogP contribution in [0.3, 0.4) is 0 Å². The van der Waals surface area contributed by atoms with Gasteiger partial charge < -0.3 is 14.7 Å². The van der Waals surface area contributed by atoms with E-state index in [9.17, 15) is 0 Å². The van der Waals surface area contributed by atoms with Crippen LogP contribution in [0.1, 0.15) is 16.7 Å². The van der Waals surface area contributed by atoms with Crippen LogP contribution in [-0.4, -0.2) is 36.2 Å². The van der Waals surface area contributed by atoms with E-state index < -0.39 is 7.32 Å². The quantitative estimate of drug-likeness (QED) is 0.617. The molecule has 0 aliphatic rings. The Morgan fingerprint density at radius 3 is 2.00 bits per heavy atom. The van der Waals surface area contributed by atoms with Gasteiger partial charge >= 0.3 is 26.2 Å². The average Bonchev–Trinajstić information content (AvgIpc) is 2.27. The zero-order chi connectivity index (χ0) is 12.1. The summed E-state index contributed by atoms with van der Waals surface area (Å²) in [5.74, 6) is -0.159. The van der Waals surface area contributed by atoms with E-state index in [1.165, 1.54) is 12.1 Å². The number of nitriles is 3. The molecule has 0 aliphatic heterocycles. The summed E-state index contributed by atoms with van der Waals surface area (Å²) in [6, 6.07) is 7.59. The van der Waals surface area contributed by atoms with Crippen molar-refractivity contribution in [3.05, 3.63) is 28.8 Å². The Hall–Kier alpha value is -1.93. The van der Waals surface area contributed by atoms with Crippen LogP contribution < -0.4 is 4.65 Å². The van der Waals surface area contributed by atoms with Gasteiger partial charge in [0, 0.05) is 0 Å². The molecule has 0 aliphatic carbocycles. The number of hydrogen-bond donors (Lipinski definition) is 2. The fourth-order valence-corrected chi connectivity index (χ4v) is 1.12. The van der Waals surface area contributed by atoms with E-state index in [0.29, 0.717) is 0 Å². The third-order valence-electron chi connectivity index (χ3n) is 1.74. The molecule has 0 radical (unpaired) electrons. The van der Waals surface area contributed by atoms with Gasteiger partial charge in [-0.25, -0.2) is 0 Å². The summed E-state index contributed by atoms with van der Waals surface area (Å²) in [5, 5.41) is 43.5. The van der Waals surface area contributed by atoms with Gasteiger partial charge in [0.2, 0.25) is 0 Å². The first-order chi connectivity index (χ1) is 7.63. The van der Waals surface area contributed by atoms with Gasteiger partial charge in [-0.3, -0.25) is 0 Å². The Kier molecular flexibility index (Phi) is 5.86. The molecule has 1 aromatic carbocycles. The van der Waals surface area contributed by atoms with Crippen molar-refractivity contribution in [2.24, 2.45) is 0 Å². The molecule has 0 fully saturated rings. The first-order valence-electron chi connectivity index (χ1n) is 4.04. The van der Waals surface area contributed by atoms with Crippen LogP contribution in [0.25, 0.3) is 0 Å². The molecule has 0 heterocycles. The van der Waals surface area contributed by atoms with Crippen molar-refractivity contribution in [1.82, 2.24) is 0 Å². The molecule has 6 nitrogen and oxygen atoms in total. The van der Waals surface area contributed by atoms with Gasteiger partial charge in [-0.1, -0.05) is 0 Å². The SMILES string of the molecule is N#Cc1ccc(OB(O)O)c(C#N)c1C#N.[LiH]. The van der Waals surface area contributed by atoms with Crippen molar-refractivity contribution in [2.45, 2.75) is 0 Å². The summed E-state index contributed by atoms with van der Waals surface area (Å²) in [6.07, 6.45) is 0. The molecular weight excluding hydrogens is 216 g/mol. The first kappa shape index (κ1) is 15.1. The number of nitrogens with zero attached hydrogens (tertiary/aromatic N) is 3. The van der Waals surface area contributed by atoms with Gasteiger partial charge in [0.15, 0.2) is 0 Å². The minimum absolute atomic E-state index is 0. The van der Waals surface area contributed by atoms with Gasteiger partial charge in [-0.2, -0.15) is 15.8 Å². The van der Waals surface area contributed by atoms with Crippen LogP contribution >= 0.6 is 0 Å². The normalized spacial score (nSPS) is 7.94. The Morgan fingerprint density at radius 2 is 1.59 bits per heavy atom. The van der Waals surface area contributed by atoms with Crippen molar-refractivity contribution in [3.8, 4) is 24.0 Å². The van der Waals surface area contributed by atoms with Crippen molar-refractivity contribution < 1.29 is 14.7 Å². The zero-order valence-corrected chi connectivity index (χ0v) is 7.88. The fourth-order valence-electron chi connectivity index (χ4n) is 1.12. The van der Waals surface area contributed by atoms with Crippen LogP contribution in [0.2, 0.25) is 0 Å². The zero-order valence-electron chi connectivity index (χ0n) is 7.88. The maximum absolute atomic E-state index is 8.81. The van der Waals surface area contributed by atoms with Crippen molar-refractivity contribution in [2.75, 3.05) is 0 Å². The summed E-state index contributed by atoms with van der Waals surface area (Å²) in [6.45, 7) is 0. The Labute approximate surface area is 110 Å². The number of benzene rings is 1. The summed E-state index contributed by atoms with van der Waals surface area (Å²) in [4.78, 5) is 0. The van der Waals surface area contributed by atoms with Gasteiger partial charge in [0.1, 0.15) is 29.5 Å². The third kappa shape index (κ3) is 3.26. The third-order valence-corrected chi connectivity index (χ3v) is 1.74. The second kappa shape index (κ2) is 6.61. The van der Waals surface area contributed by atoms with Gasteiger partial charge in [-0.15, -0.1) is 0 Å². The summed E-state index contributed by atoms with van der Waals surface area (Å²) >= 11 is 0. The van der Waals surface area contributed by atoms with Crippen LogP contribution in [0.4, 0.5) is 0 Å². The molecule has 0 spiro atoms. The second-order valence-corrected chi connectivity index (χ2v) is 2.64. The molecule has 17 heavy (non-hydrogen) atoms.